The van der Waals surface area contributed by atoms with Crippen LogP contribution < -0.4 is 19.5 Å². The quantitative estimate of drug-likeness (QED) is 0.460. The zero-order valence-corrected chi connectivity index (χ0v) is 18.8. The van der Waals surface area contributed by atoms with E-state index in [4.69, 9.17) is 18.9 Å². The van der Waals surface area contributed by atoms with Crippen molar-refractivity contribution < 1.29 is 28.5 Å². The lowest BCUT2D eigenvalue weighted by atomic mass is 10.1. The zero-order chi connectivity index (χ0) is 23.1. The SMILES string of the molecule is CC(C)COC(=O)/C(=C/c1ccc2c(c1)OCO2)NC(=O)c1ccc(OCC(C)C)cc1. The Kier molecular flexibility index (Phi) is 7.76. The molecule has 0 aliphatic carbocycles. The molecule has 0 bridgehead atoms. The van der Waals surface area contributed by atoms with Crippen LogP contribution in [-0.4, -0.2) is 31.9 Å². The second kappa shape index (κ2) is 10.7. The number of benzene rings is 2. The van der Waals surface area contributed by atoms with Gasteiger partial charge < -0.3 is 24.3 Å². The summed E-state index contributed by atoms with van der Waals surface area (Å²) in [6, 6.07) is 12.0. The van der Waals surface area contributed by atoms with E-state index in [1.807, 2.05) is 13.8 Å². The third kappa shape index (κ3) is 6.51. The molecule has 2 aromatic rings. The fraction of sp³-hybridized carbons (Fsp3) is 0.360. The number of fused-ring (bicyclic) bond motifs is 1. The van der Waals surface area contributed by atoms with E-state index in [-0.39, 0.29) is 25.0 Å². The minimum Gasteiger partial charge on any atom is -0.493 e. The molecule has 1 N–H and O–H groups in total. The molecular formula is C25H29NO6. The van der Waals surface area contributed by atoms with E-state index in [0.717, 1.165) is 0 Å². The average Bonchev–Trinajstić information content (AvgIpc) is 3.23. The van der Waals surface area contributed by atoms with Crippen molar-refractivity contribution in [1.82, 2.24) is 5.32 Å². The van der Waals surface area contributed by atoms with Crippen LogP contribution in [0.3, 0.4) is 0 Å². The van der Waals surface area contributed by atoms with Crippen LogP contribution in [-0.2, 0) is 9.53 Å². The van der Waals surface area contributed by atoms with Crippen LogP contribution in [0.5, 0.6) is 17.2 Å². The highest BCUT2D eigenvalue weighted by molar-refractivity contribution is 6.03. The first-order valence-electron chi connectivity index (χ1n) is 10.6. The van der Waals surface area contributed by atoms with Crippen LogP contribution >= 0.6 is 0 Å². The number of ether oxygens (including phenoxy) is 4. The molecule has 3 rings (SSSR count). The molecule has 0 saturated heterocycles. The van der Waals surface area contributed by atoms with Gasteiger partial charge >= 0.3 is 5.97 Å². The fourth-order valence-electron chi connectivity index (χ4n) is 2.80. The lowest BCUT2D eigenvalue weighted by Gasteiger charge is -2.13. The molecular weight excluding hydrogens is 410 g/mol. The van der Waals surface area contributed by atoms with Crippen molar-refractivity contribution in [3.63, 3.8) is 0 Å². The number of hydrogen-bond acceptors (Lipinski definition) is 6. The minimum absolute atomic E-state index is 0.0367. The Bertz CT molecular complexity index is 978. The van der Waals surface area contributed by atoms with Crippen LogP contribution in [0.4, 0.5) is 0 Å². The van der Waals surface area contributed by atoms with Gasteiger partial charge in [0.25, 0.3) is 5.91 Å². The number of nitrogens with one attached hydrogen (secondary N) is 1. The fourth-order valence-corrected chi connectivity index (χ4v) is 2.80. The molecule has 7 heteroatoms. The van der Waals surface area contributed by atoms with Crippen molar-refractivity contribution in [2.45, 2.75) is 27.7 Å². The van der Waals surface area contributed by atoms with Gasteiger partial charge in [-0.05, 0) is 59.9 Å². The second-order valence-corrected chi connectivity index (χ2v) is 8.35. The highest BCUT2D eigenvalue weighted by atomic mass is 16.7. The van der Waals surface area contributed by atoms with Gasteiger partial charge in [-0.1, -0.05) is 33.8 Å². The molecule has 0 fully saturated rings. The Labute approximate surface area is 188 Å². The Morgan fingerprint density at radius 1 is 0.969 bits per heavy atom. The van der Waals surface area contributed by atoms with Crippen LogP contribution in [0.25, 0.3) is 6.08 Å². The van der Waals surface area contributed by atoms with E-state index >= 15 is 0 Å². The first-order valence-corrected chi connectivity index (χ1v) is 10.6. The van der Waals surface area contributed by atoms with Crippen molar-refractivity contribution in [3.05, 3.63) is 59.3 Å². The summed E-state index contributed by atoms with van der Waals surface area (Å²) in [5, 5.41) is 2.68. The highest BCUT2D eigenvalue weighted by Crippen LogP contribution is 2.33. The van der Waals surface area contributed by atoms with Gasteiger partial charge in [-0.25, -0.2) is 4.79 Å². The molecule has 0 spiro atoms. The molecule has 0 atom stereocenters. The minimum atomic E-state index is -0.610. The third-order valence-corrected chi connectivity index (χ3v) is 4.42. The summed E-state index contributed by atoms with van der Waals surface area (Å²) >= 11 is 0. The maximum absolute atomic E-state index is 12.8. The largest absolute Gasteiger partial charge is 0.493 e. The van der Waals surface area contributed by atoms with Gasteiger partial charge in [-0.3, -0.25) is 4.79 Å². The van der Waals surface area contributed by atoms with Gasteiger partial charge in [0.2, 0.25) is 6.79 Å². The molecule has 170 valence electrons. The number of amides is 1. The van der Waals surface area contributed by atoms with E-state index in [1.165, 1.54) is 0 Å². The van der Waals surface area contributed by atoms with Crippen molar-refractivity contribution in [2.75, 3.05) is 20.0 Å². The molecule has 0 radical (unpaired) electrons. The number of carbonyl (C=O) groups is 2. The number of esters is 1. The van der Waals surface area contributed by atoms with Crippen LogP contribution in [0.15, 0.2) is 48.2 Å². The van der Waals surface area contributed by atoms with Gasteiger partial charge in [-0.15, -0.1) is 0 Å². The van der Waals surface area contributed by atoms with Crippen LogP contribution in [0, 0.1) is 11.8 Å². The molecule has 7 nitrogen and oxygen atoms in total. The molecule has 1 heterocycles. The van der Waals surface area contributed by atoms with Crippen molar-refractivity contribution in [1.29, 1.82) is 0 Å². The van der Waals surface area contributed by atoms with Gasteiger partial charge in [0.05, 0.1) is 13.2 Å². The molecule has 0 unspecified atom stereocenters. The molecule has 1 amide bonds. The van der Waals surface area contributed by atoms with Gasteiger partial charge in [-0.2, -0.15) is 0 Å². The molecule has 2 aromatic carbocycles. The van der Waals surface area contributed by atoms with Crippen molar-refractivity contribution in [2.24, 2.45) is 11.8 Å². The summed E-state index contributed by atoms with van der Waals surface area (Å²) in [5.74, 6) is 1.43. The van der Waals surface area contributed by atoms with Crippen LogP contribution in [0.1, 0.15) is 43.6 Å². The smallest absolute Gasteiger partial charge is 0.354 e. The standard InChI is InChI=1S/C25H29NO6/c1-16(2)13-29-20-8-6-19(7-9-20)24(27)26-21(25(28)30-14-17(3)4)11-18-5-10-22-23(12-18)32-15-31-22/h5-12,16-17H,13-15H2,1-4H3,(H,26,27)/b21-11-. The maximum Gasteiger partial charge on any atom is 0.354 e. The number of carbonyl (C=O) groups excluding carboxylic acids is 2. The molecule has 0 saturated carbocycles. The van der Waals surface area contributed by atoms with E-state index < -0.39 is 11.9 Å². The van der Waals surface area contributed by atoms with Gasteiger partial charge in [0, 0.05) is 5.56 Å². The Balaban J connectivity index is 1.77. The summed E-state index contributed by atoms with van der Waals surface area (Å²) in [6.45, 7) is 9.00. The molecule has 0 aromatic heterocycles. The first kappa shape index (κ1) is 23.2. The summed E-state index contributed by atoms with van der Waals surface area (Å²) in [4.78, 5) is 25.5. The Hall–Kier alpha value is -3.48. The summed E-state index contributed by atoms with van der Waals surface area (Å²) in [6.07, 6.45) is 1.56. The summed E-state index contributed by atoms with van der Waals surface area (Å²) in [7, 11) is 0. The zero-order valence-electron chi connectivity index (χ0n) is 18.8. The highest BCUT2D eigenvalue weighted by Gasteiger charge is 2.18. The lowest BCUT2D eigenvalue weighted by molar-refractivity contribution is -0.140. The number of rotatable bonds is 9. The maximum atomic E-state index is 12.8. The van der Waals surface area contributed by atoms with E-state index in [9.17, 15) is 9.59 Å². The Morgan fingerprint density at radius 2 is 1.66 bits per heavy atom. The summed E-state index contributed by atoms with van der Waals surface area (Å²) in [5.41, 5.74) is 1.10. The van der Waals surface area contributed by atoms with E-state index in [1.54, 1.807) is 48.5 Å². The lowest BCUT2D eigenvalue weighted by Crippen LogP contribution is -2.29. The van der Waals surface area contributed by atoms with Gasteiger partial charge in [0.15, 0.2) is 11.5 Å². The van der Waals surface area contributed by atoms with Gasteiger partial charge in [0.1, 0.15) is 11.4 Å². The molecule has 1 aliphatic rings. The monoisotopic (exact) mass is 439 g/mol. The van der Waals surface area contributed by atoms with Crippen molar-refractivity contribution >= 4 is 18.0 Å². The average molecular weight is 440 g/mol. The molecule has 1 aliphatic heterocycles. The Morgan fingerprint density at radius 3 is 2.34 bits per heavy atom. The first-order chi connectivity index (χ1) is 15.3. The topological polar surface area (TPSA) is 83.1 Å². The van der Waals surface area contributed by atoms with Crippen LogP contribution in [0.2, 0.25) is 0 Å². The predicted molar refractivity (Wildman–Crippen MR) is 121 cm³/mol. The van der Waals surface area contributed by atoms with E-state index in [2.05, 4.69) is 19.2 Å². The summed E-state index contributed by atoms with van der Waals surface area (Å²) < 4.78 is 21.7. The van der Waals surface area contributed by atoms with Crippen molar-refractivity contribution in [3.8, 4) is 17.2 Å². The number of hydrogen-bond donors (Lipinski definition) is 1. The normalized spacial score (nSPS) is 12.8. The molecule has 32 heavy (non-hydrogen) atoms. The predicted octanol–water partition coefficient (Wildman–Crippen LogP) is 4.42. The van der Waals surface area contributed by atoms with E-state index in [0.29, 0.717) is 40.9 Å². The third-order valence-electron chi connectivity index (χ3n) is 4.42. The second-order valence-electron chi connectivity index (χ2n) is 8.35.